The molecule has 1 aliphatic carbocycles. The number of nitrogens with one attached hydrogen (secondary N) is 1. The number of halogens is 1. The van der Waals surface area contributed by atoms with Gasteiger partial charge in [0.05, 0.1) is 7.11 Å². The molecule has 0 saturated heterocycles. The summed E-state index contributed by atoms with van der Waals surface area (Å²) in [5, 5.41) is 3.72. The van der Waals surface area contributed by atoms with E-state index in [1.807, 2.05) is 6.07 Å². The summed E-state index contributed by atoms with van der Waals surface area (Å²) in [5.74, 6) is 2.40. The molecule has 1 aromatic carbocycles. The summed E-state index contributed by atoms with van der Waals surface area (Å²) in [5.41, 5.74) is 2.57. The van der Waals surface area contributed by atoms with Crippen molar-refractivity contribution >= 4 is 11.6 Å². The van der Waals surface area contributed by atoms with E-state index >= 15 is 0 Å². The molecule has 1 N–H and O–H groups in total. The average molecular weight is 296 g/mol. The maximum absolute atomic E-state index is 6.28. The first-order valence-electron chi connectivity index (χ1n) is 7.53. The zero-order chi connectivity index (χ0) is 14.6. The average Bonchev–Trinajstić information content (AvgIpc) is 2.45. The van der Waals surface area contributed by atoms with E-state index in [-0.39, 0.29) is 5.54 Å². The second kappa shape index (κ2) is 6.82. The first-order chi connectivity index (χ1) is 9.58. The molecule has 0 bridgehead atoms. The molecule has 2 atom stereocenters. The van der Waals surface area contributed by atoms with Gasteiger partial charge in [-0.1, -0.05) is 37.5 Å². The summed E-state index contributed by atoms with van der Waals surface area (Å²) >= 11 is 6.28. The molecule has 2 nitrogen and oxygen atoms in total. The molecule has 0 aromatic heterocycles. The van der Waals surface area contributed by atoms with E-state index in [2.05, 4.69) is 31.3 Å². The topological polar surface area (TPSA) is 21.3 Å². The summed E-state index contributed by atoms with van der Waals surface area (Å²) < 4.78 is 5.45. The monoisotopic (exact) mass is 295 g/mol. The number of benzene rings is 1. The Balaban J connectivity index is 2.08. The molecular formula is C17H26ClNO. The van der Waals surface area contributed by atoms with E-state index in [0.717, 1.165) is 18.2 Å². The first kappa shape index (κ1) is 15.7. The summed E-state index contributed by atoms with van der Waals surface area (Å²) in [6.45, 7) is 5.27. The summed E-state index contributed by atoms with van der Waals surface area (Å²) in [6.07, 6.45) is 4.94. The van der Waals surface area contributed by atoms with Crippen molar-refractivity contribution in [3.05, 3.63) is 29.3 Å². The van der Waals surface area contributed by atoms with Crippen LogP contribution in [-0.2, 0) is 6.54 Å². The van der Waals surface area contributed by atoms with Crippen molar-refractivity contribution in [2.24, 2.45) is 5.92 Å². The molecule has 112 valence electrons. The Morgan fingerprint density at radius 2 is 2.25 bits per heavy atom. The minimum atomic E-state index is 0.0912. The molecule has 2 rings (SSSR count). The van der Waals surface area contributed by atoms with Crippen LogP contribution in [0.2, 0.25) is 0 Å². The number of hydrogen-bond acceptors (Lipinski definition) is 2. The number of hydrogen-bond donors (Lipinski definition) is 1. The lowest BCUT2D eigenvalue weighted by molar-refractivity contribution is 0.207. The molecule has 0 amide bonds. The fraction of sp³-hybridized carbons (Fsp3) is 0.647. The number of alkyl halides is 1. The van der Waals surface area contributed by atoms with Gasteiger partial charge in [0.1, 0.15) is 5.75 Å². The Bertz CT molecular complexity index is 449. The van der Waals surface area contributed by atoms with Crippen molar-refractivity contribution in [3.63, 3.8) is 0 Å². The number of rotatable bonds is 5. The van der Waals surface area contributed by atoms with Crippen LogP contribution < -0.4 is 10.1 Å². The summed E-state index contributed by atoms with van der Waals surface area (Å²) in [7, 11) is 1.73. The zero-order valence-corrected chi connectivity index (χ0v) is 13.6. The van der Waals surface area contributed by atoms with Crippen LogP contribution in [0.5, 0.6) is 5.75 Å². The number of aryl methyl sites for hydroxylation is 1. The van der Waals surface area contributed by atoms with E-state index in [0.29, 0.717) is 5.88 Å². The summed E-state index contributed by atoms with van der Waals surface area (Å²) in [6, 6.07) is 6.32. The molecular weight excluding hydrogens is 270 g/mol. The normalized spacial score (nSPS) is 26.5. The highest BCUT2D eigenvalue weighted by Gasteiger charge is 2.33. The van der Waals surface area contributed by atoms with Gasteiger partial charge in [0.2, 0.25) is 0 Å². The van der Waals surface area contributed by atoms with Crippen molar-refractivity contribution in [1.82, 2.24) is 5.32 Å². The highest BCUT2D eigenvalue weighted by Crippen LogP contribution is 2.34. The van der Waals surface area contributed by atoms with Crippen LogP contribution in [0.25, 0.3) is 0 Å². The third-order valence-corrected chi connectivity index (χ3v) is 4.95. The molecule has 3 heteroatoms. The van der Waals surface area contributed by atoms with Crippen LogP contribution in [0, 0.1) is 12.8 Å². The van der Waals surface area contributed by atoms with Crippen molar-refractivity contribution < 1.29 is 4.74 Å². The largest absolute Gasteiger partial charge is 0.496 e. The van der Waals surface area contributed by atoms with E-state index < -0.39 is 0 Å². The highest BCUT2D eigenvalue weighted by molar-refractivity contribution is 6.18. The van der Waals surface area contributed by atoms with Crippen LogP contribution >= 0.6 is 11.6 Å². The quantitative estimate of drug-likeness (QED) is 0.819. The van der Waals surface area contributed by atoms with Gasteiger partial charge < -0.3 is 10.1 Å². The Labute approximate surface area is 127 Å². The maximum atomic E-state index is 6.28. The minimum Gasteiger partial charge on any atom is -0.496 e. The fourth-order valence-corrected chi connectivity index (χ4v) is 3.65. The van der Waals surface area contributed by atoms with Gasteiger partial charge in [-0.05, 0) is 31.7 Å². The molecule has 2 unspecified atom stereocenters. The van der Waals surface area contributed by atoms with Crippen molar-refractivity contribution in [1.29, 1.82) is 0 Å². The number of ether oxygens (including phenoxy) is 1. The minimum absolute atomic E-state index is 0.0912. The molecule has 1 aromatic rings. The lowest BCUT2D eigenvalue weighted by Gasteiger charge is -2.39. The van der Waals surface area contributed by atoms with Gasteiger partial charge in [-0.3, -0.25) is 0 Å². The maximum Gasteiger partial charge on any atom is 0.123 e. The molecule has 1 saturated carbocycles. The Kier molecular flexibility index (Phi) is 5.34. The van der Waals surface area contributed by atoms with E-state index in [1.165, 1.54) is 36.8 Å². The van der Waals surface area contributed by atoms with Gasteiger partial charge in [0.25, 0.3) is 0 Å². The molecule has 0 heterocycles. The van der Waals surface area contributed by atoms with Crippen LogP contribution in [0.15, 0.2) is 18.2 Å². The van der Waals surface area contributed by atoms with Gasteiger partial charge in [-0.2, -0.15) is 0 Å². The smallest absolute Gasteiger partial charge is 0.123 e. The Hall–Kier alpha value is -0.730. The van der Waals surface area contributed by atoms with Crippen LogP contribution in [-0.4, -0.2) is 18.5 Å². The Morgan fingerprint density at radius 1 is 1.45 bits per heavy atom. The predicted molar refractivity (Wildman–Crippen MR) is 85.7 cm³/mol. The van der Waals surface area contributed by atoms with Crippen LogP contribution in [0.3, 0.4) is 0 Å². The SMILES string of the molecule is COc1ccc(C)cc1CNC1(CCl)CCCC(C)C1. The van der Waals surface area contributed by atoms with Gasteiger partial charge >= 0.3 is 0 Å². The molecule has 1 aliphatic rings. The van der Waals surface area contributed by atoms with Gasteiger partial charge in [-0.25, -0.2) is 0 Å². The van der Waals surface area contributed by atoms with Crippen molar-refractivity contribution in [2.75, 3.05) is 13.0 Å². The molecule has 0 aliphatic heterocycles. The molecule has 0 radical (unpaired) electrons. The van der Waals surface area contributed by atoms with Crippen LogP contribution in [0.4, 0.5) is 0 Å². The lowest BCUT2D eigenvalue weighted by Crippen LogP contribution is -2.49. The van der Waals surface area contributed by atoms with Gasteiger partial charge in [-0.15, -0.1) is 11.6 Å². The van der Waals surface area contributed by atoms with Crippen molar-refractivity contribution in [3.8, 4) is 5.75 Å². The second-order valence-corrected chi connectivity index (χ2v) is 6.55. The standard InChI is InChI=1S/C17H26ClNO/c1-13-6-7-16(20-3)15(9-13)11-19-17(12-18)8-4-5-14(2)10-17/h6-7,9,14,19H,4-5,8,10-12H2,1-3H3. The number of methoxy groups -OCH3 is 1. The zero-order valence-electron chi connectivity index (χ0n) is 12.8. The van der Waals surface area contributed by atoms with E-state index in [4.69, 9.17) is 16.3 Å². The fourth-order valence-electron chi connectivity index (χ4n) is 3.32. The van der Waals surface area contributed by atoms with Crippen molar-refractivity contribution in [2.45, 2.75) is 51.6 Å². The van der Waals surface area contributed by atoms with E-state index in [1.54, 1.807) is 7.11 Å². The first-order valence-corrected chi connectivity index (χ1v) is 8.06. The summed E-state index contributed by atoms with van der Waals surface area (Å²) in [4.78, 5) is 0. The lowest BCUT2D eigenvalue weighted by atomic mass is 9.77. The van der Waals surface area contributed by atoms with Crippen LogP contribution in [0.1, 0.15) is 43.7 Å². The van der Waals surface area contributed by atoms with Gasteiger partial charge in [0, 0.05) is 23.5 Å². The molecule has 1 fully saturated rings. The third kappa shape index (κ3) is 3.67. The molecule has 20 heavy (non-hydrogen) atoms. The highest BCUT2D eigenvalue weighted by atomic mass is 35.5. The van der Waals surface area contributed by atoms with E-state index in [9.17, 15) is 0 Å². The third-order valence-electron chi connectivity index (χ3n) is 4.44. The Morgan fingerprint density at radius 3 is 2.90 bits per heavy atom. The predicted octanol–water partition coefficient (Wildman–Crippen LogP) is 4.28. The van der Waals surface area contributed by atoms with Gasteiger partial charge in [0.15, 0.2) is 0 Å². The second-order valence-electron chi connectivity index (χ2n) is 6.28. The molecule has 0 spiro atoms.